The summed E-state index contributed by atoms with van der Waals surface area (Å²) in [5.41, 5.74) is 1.74. The van der Waals surface area contributed by atoms with Crippen molar-refractivity contribution in [3.63, 3.8) is 0 Å². The van der Waals surface area contributed by atoms with Crippen molar-refractivity contribution in [3.05, 3.63) is 78.3 Å². The van der Waals surface area contributed by atoms with Crippen molar-refractivity contribution in [2.75, 3.05) is 36.4 Å². The van der Waals surface area contributed by atoms with Crippen molar-refractivity contribution in [1.82, 2.24) is 14.9 Å². The van der Waals surface area contributed by atoms with Crippen molar-refractivity contribution in [2.45, 2.75) is 0 Å². The Morgan fingerprint density at radius 3 is 2.38 bits per heavy atom. The Morgan fingerprint density at radius 2 is 1.66 bits per heavy atom. The van der Waals surface area contributed by atoms with Crippen LogP contribution in [0.5, 0.6) is 0 Å². The highest BCUT2D eigenvalue weighted by atomic mass is 19.1. The summed E-state index contributed by atoms with van der Waals surface area (Å²) in [6.45, 7) is 2.37. The fourth-order valence-electron chi connectivity index (χ4n) is 3.24. The SMILES string of the molecule is O=C(c1cc(Nc2cccc(F)c2)ncn1)N1CCN(c2ccc(F)cc2)CC1. The van der Waals surface area contributed by atoms with Crippen molar-refractivity contribution < 1.29 is 13.6 Å². The van der Waals surface area contributed by atoms with Crippen LogP contribution in [-0.2, 0) is 0 Å². The molecule has 1 saturated heterocycles. The number of nitrogens with zero attached hydrogens (tertiary/aromatic N) is 4. The predicted molar refractivity (Wildman–Crippen MR) is 106 cm³/mol. The first-order valence-electron chi connectivity index (χ1n) is 9.23. The molecular weight excluding hydrogens is 376 g/mol. The molecule has 4 rings (SSSR count). The molecule has 1 aliphatic rings. The maximum Gasteiger partial charge on any atom is 0.272 e. The van der Waals surface area contributed by atoms with Crippen LogP contribution in [0.2, 0.25) is 0 Å². The molecule has 0 spiro atoms. The van der Waals surface area contributed by atoms with Gasteiger partial charge in [0.1, 0.15) is 29.5 Å². The quantitative estimate of drug-likeness (QED) is 0.733. The van der Waals surface area contributed by atoms with Crippen molar-refractivity contribution in [2.24, 2.45) is 0 Å². The topological polar surface area (TPSA) is 61.4 Å². The van der Waals surface area contributed by atoms with E-state index in [-0.39, 0.29) is 23.2 Å². The Kier molecular flexibility index (Phi) is 5.33. The number of piperazine rings is 1. The second-order valence-corrected chi connectivity index (χ2v) is 6.68. The van der Waals surface area contributed by atoms with Gasteiger partial charge in [-0.25, -0.2) is 18.7 Å². The Hall–Kier alpha value is -3.55. The van der Waals surface area contributed by atoms with Gasteiger partial charge in [0.05, 0.1) is 0 Å². The number of rotatable bonds is 4. The van der Waals surface area contributed by atoms with Gasteiger partial charge in [-0.15, -0.1) is 0 Å². The largest absolute Gasteiger partial charge is 0.368 e. The summed E-state index contributed by atoms with van der Waals surface area (Å²) in [4.78, 5) is 24.9. The monoisotopic (exact) mass is 395 g/mol. The number of amides is 1. The third-order valence-electron chi connectivity index (χ3n) is 4.74. The zero-order chi connectivity index (χ0) is 20.2. The van der Waals surface area contributed by atoms with Gasteiger partial charge in [0.15, 0.2) is 0 Å². The highest BCUT2D eigenvalue weighted by molar-refractivity contribution is 5.93. The van der Waals surface area contributed by atoms with E-state index in [4.69, 9.17) is 0 Å². The molecule has 148 valence electrons. The maximum atomic E-state index is 13.3. The summed E-state index contributed by atoms with van der Waals surface area (Å²) in [7, 11) is 0. The van der Waals surface area contributed by atoms with Gasteiger partial charge in [-0.2, -0.15) is 0 Å². The fraction of sp³-hybridized carbons (Fsp3) is 0.190. The summed E-state index contributed by atoms with van der Waals surface area (Å²) < 4.78 is 26.4. The molecule has 0 saturated carbocycles. The lowest BCUT2D eigenvalue weighted by Crippen LogP contribution is -2.49. The maximum absolute atomic E-state index is 13.3. The van der Waals surface area contributed by atoms with Crippen LogP contribution in [0.3, 0.4) is 0 Å². The molecule has 0 unspecified atom stereocenters. The van der Waals surface area contributed by atoms with Crippen LogP contribution in [0, 0.1) is 11.6 Å². The number of hydrogen-bond acceptors (Lipinski definition) is 5. The van der Waals surface area contributed by atoms with Gasteiger partial charge in [-0.05, 0) is 42.5 Å². The molecule has 0 aliphatic carbocycles. The molecule has 1 amide bonds. The molecule has 0 bridgehead atoms. The normalized spacial score (nSPS) is 14.0. The summed E-state index contributed by atoms with van der Waals surface area (Å²) >= 11 is 0. The number of anilines is 3. The van der Waals surface area contributed by atoms with E-state index in [1.807, 2.05) is 0 Å². The summed E-state index contributed by atoms with van der Waals surface area (Å²) in [5.74, 6) is -0.402. The van der Waals surface area contributed by atoms with E-state index in [0.717, 1.165) is 5.69 Å². The molecule has 1 N–H and O–H groups in total. The van der Waals surface area contributed by atoms with Gasteiger partial charge >= 0.3 is 0 Å². The number of carbonyl (C=O) groups excluding carboxylic acids is 1. The van der Waals surface area contributed by atoms with E-state index in [0.29, 0.717) is 37.7 Å². The van der Waals surface area contributed by atoms with Crippen molar-refractivity contribution >= 4 is 23.1 Å². The number of benzene rings is 2. The number of hydrogen-bond donors (Lipinski definition) is 1. The minimum Gasteiger partial charge on any atom is -0.368 e. The Morgan fingerprint density at radius 1 is 0.897 bits per heavy atom. The van der Waals surface area contributed by atoms with E-state index in [1.165, 1.54) is 30.6 Å². The van der Waals surface area contributed by atoms with Crippen molar-refractivity contribution in [3.8, 4) is 0 Å². The van der Waals surface area contributed by atoms with E-state index in [1.54, 1.807) is 35.2 Å². The van der Waals surface area contributed by atoms with Gasteiger partial charge < -0.3 is 15.1 Å². The Labute approximate surface area is 166 Å². The highest BCUT2D eigenvalue weighted by Gasteiger charge is 2.23. The van der Waals surface area contributed by atoms with Gasteiger partial charge in [0.25, 0.3) is 5.91 Å². The van der Waals surface area contributed by atoms with Gasteiger partial charge in [-0.3, -0.25) is 4.79 Å². The Bertz CT molecular complexity index is 1000. The summed E-state index contributed by atoms with van der Waals surface area (Å²) in [6, 6.07) is 13.9. The Balaban J connectivity index is 1.40. The molecule has 2 aromatic carbocycles. The van der Waals surface area contributed by atoms with E-state index < -0.39 is 0 Å². The molecule has 1 aliphatic heterocycles. The van der Waals surface area contributed by atoms with Gasteiger partial charge in [-0.1, -0.05) is 6.07 Å². The lowest BCUT2D eigenvalue weighted by Gasteiger charge is -2.36. The molecule has 8 heteroatoms. The van der Waals surface area contributed by atoms with Crippen LogP contribution < -0.4 is 10.2 Å². The minimum atomic E-state index is -0.362. The lowest BCUT2D eigenvalue weighted by molar-refractivity contribution is 0.0740. The number of nitrogens with one attached hydrogen (secondary N) is 1. The van der Waals surface area contributed by atoms with Crippen LogP contribution in [0.1, 0.15) is 10.5 Å². The lowest BCUT2D eigenvalue weighted by atomic mass is 10.2. The summed E-state index contributed by atoms with van der Waals surface area (Å²) in [5, 5.41) is 2.98. The zero-order valence-electron chi connectivity index (χ0n) is 15.6. The molecular formula is C21H19F2N5O. The highest BCUT2D eigenvalue weighted by Crippen LogP contribution is 2.19. The molecule has 29 heavy (non-hydrogen) atoms. The molecule has 3 aromatic rings. The average molecular weight is 395 g/mol. The number of carbonyl (C=O) groups is 1. The van der Waals surface area contributed by atoms with Crippen molar-refractivity contribution in [1.29, 1.82) is 0 Å². The summed E-state index contributed by atoms with van der Waals surface area (Å²) in [6.07, 6.45) is 1.31. The molecule has 1 aromatic heterocycles. The first-order valence-corrected chi connectivity index (χ1v) is 9.23. The van der Waals surface area contributed by atoms with Crippen LogP contribution >= 0.6 is 0 Å². The van der Waals surface area contributed by atoms with Crippen LogP contribution in [0.15, 0.2) is 60.9 Å². The molecule has 2 heterocycles. The standard InChI is InChI=1S/C21H19F2N5O/c22-15-4-6-18(7-5-15)27-8-10-28(11-9-27)21(29)19-13-20(25-14-24-19)26-17-3-1-2-16(23)12-17/h1-7,12-14H,8-11H2,(H,24,25,26). The van der Waals surface area contributed by atoms with E-state index >= 15 is 0 Å². The number of aromatic nitrogens is 2. The average Bonchev–Trinajstić information content (AvgIpc) is 2.74. The van der Waals surface area contributed by atoms with Gasteiger partial charge in [0, 0.05) is 43.6 Å². The van der Waals surface area contributed by atoms with E-state index in [2.05, 4.69) is 20.2 Å². The molecule has 0 atom stereocenters. The molecule has 6 nitrogen and oxygen atoms in total. The minimum absolute atomic E-state index is 0.187. The predicted octanol–water partition coefficient (Wildman–Crippen LogP) is 3.46. The van der Waals surface area contributed by atoms with Crippen LogP contribution in [0.4, 0.5) is 26.0 Å². The second-order valence-electron chi connectivity index (χ2n) is 6.68. The smallest absolute Gasteiger partial charge is 0.272 e. The first-order chi connectivity index (χ1) is 14.1. The van der Waals surface area contributed by atoms with Gasteiger partial charge in [0.2, 0.25) is 0 Å². The zero-order valence-corrected chi connectivity index (χ0v) is 15.6. The van der Waals surface area contributed by atoms with Crippen LogP contribution in [0.25, 0.3) is 0 Å². The second kappa shape index (κ2) is 8.22. The third-order valence-corrected chi connectivity index (χ3v) is 4.74. The number of halogens is 2. The third kappa shape index (κ3) is 4.48. The van der Waals surface area contributed by atoms with E-state index in [9.17, 15) is 13.6 Å². The van der Waals surface area contributed by atoms with Crippen LogP contribution in [-0.4, -0.2) is 47.0 Å². The molecule has 1 fully saturated rings. The first kappa shape index (κ1) is 18.8. The molecule has 0 radical (unpaired) electrons. The fourth-order valence-corrected chi connectivity index (χ4v) is 3.24.